The molecule has 0 heterocycles. The van der Waals surface area contributed by atoms with E-state index in [1.807, 2.05) is 0 Å². The van der Waals surface area contributed by atoms with Crippen LogP contribution in [0.15, 0.2) is 24.3 Å². The fraction of sp³-hybridized carbons (Fsp3) is 0.611. The van der Waals surface area contributed by atoms with E-state index in [1.54, 1.807) is 0 Å². The molecule has 4 fully saturated rings. The number of alkyl halides is 4. The largest absolute Gasteiger partial charge is 0.418 e. The first-order chi connectivity index (χ1) is 11.2. The molecule has 2 nitrogen and oxygen atoms in total. The number of para-hydroxylation sites is 1. The van der Waals surface area contributed by atoms with Crippen molar-refractivity contribution >= 4 is 23.2 Å². The van der Waals surface area contributed by atoms with Gasteiger partial charge in [0.25, 0.3) is 0 Å². The standard InChI is InChI=1S/C18H19ClF3NO/c19-17-8-11-5-12(9-17)7-16(6-11,10-17)15(24)23-14-4-2-1-3-13(14)18(20,21)22/h1-4,11-12H,5-10H2,(H,23,24). The fourth-order valence-corrected chi connectivity index (χ4v) is 6.20. The van der Waals surface area contributed by atoms with Crippen molar-refractivity contribution in [2.75, 3.05) is 5.32 Å². The predicted octanol–water partition coefficient (Wildman–Crippen LogP) is 5.22. The molecule has 1 N–H and O–H groups in total. The van der Waals surface area contributed by atoms with Crippen LogP contribution in [0.2, 0.25) is 0 Å². The van der Waals surface area contributed by atoms with E-state index in [0.717, 1.165) is 38.2 Å². The van der Waals surface area contributed by atoms with Crippen molar-refractivity contribution in [1.82, 2.24) is 0 Å². The monoisotopic (exact) mass is 357 g/mol. The number of halogens is 4. The lowest BCUT2D eigenvalue weighted by atomic mass is 9.49. The molecule has 130 valence electrons. The summed E-state index contributed by atoms with van der Waals surface area (Å²) < 4.78 is 39.4. The summed E-state index contributed by atoms with van der Waals surface area (Å²) in [5, 5.41) is 2.57. The van der Waals surface area contributed by atoms with Crippen molar-refractivity contribution in [3.63, 3.8) is 0 Å². The molecule has 1 aromatic carbocycles. The molecule has 4 saturated carbocycles. The maximum atomic E-state index is 13.1. The number of hydrogen-bond donors (Lipinski definition) is 1. The Bertz CT molecular complexity index is 673. The fourth-order valence-electron chi connectivity index (χ4n) is 5.51. The SMILES string of the molecule is O=C(Nc1ccccc1C(F)(F)F)C12CC3CC(CC(Cl)(C3)C1)C2. The summed E-state index contributed by atoms with van der Waals surface area (Å²) in [7, 11) is 0. The lowest BCUT2D eigenvalue weighted by molar-refractivity contribution is -0.139. The number of rotatable bonds is 2. The molecular formula is C18H19ClF3NO. The predicted molar refractivity (Wildman–Crippen MR) is 85.8 cm³/mol. The van der Waals surface area contributed by atoms with Gasteiger partial charge >= 0.3 is 6.18 Å². The van der Waals surface area contributed by atoms with Gasteiger partial charge in [-0.3, -0.25) is 4.79 Å². The summed E-state index contributed by atoms with van der Waals surface area (Å²) in [5.74, 6) is 0.554. The Hall–Kier alpha value is -1.23. The van der Waals surface area contributed by atoms with Crippen molar-refractivity contribution in [3.05, 3.63) is 29.8 Å². The number of benzene rings is 1. The molecule has 1 aromatic rings. The van der Waals surface area contributed by atoms with Crippen LogP contribution in [0.4, 0.5) is 18.9 Å². The highest BCUT2D eigenvalue weighted by Gasteiger charge is 2.60. The summed E-state index contributed by atoms with van der Waals surface area (Å²) in [6.07, 6.45) is 0.546. The second-order valence-corrected chi connectivity index (χ2v) is 8.69. The average Bonchev–Trinajstić information content (AvgIpc) is 2.44. The van der Waals surface area contributed by atoms with E-state index in [4.69, 9.17) is 11.6 Å². The zero-order valence-electron chi connectivity index (χ0n) is 13.1. The molecule has 1 amide bonds. The first kappa shape index (κ1) is 16.2. The van der Waals surface area contributed by atoms with Crippen LogP contribution in [0.25, 0.3) is 0 Å². The molecule has 0 saturated heterocycles. The molecule has 4 bridgehead atoms. The highest BCUT2D eigenvalue weighted by atomic mass is 35.5. The van der Waals surface area contributed by atoms with Crippen LogP contribution in [-0.4, -0.2) is 10.8 Å². The minimum atomic E-state index is -4.49. The Morgan fingerprint density at radius 2 is 1.75 bits per heavy atom. The van der Waals surface area contributed by atoms with Gasteiger partial charge in [0.2, 0.25) is 5.91 Å². The van der Waals surface area contributed by atoms with Gasteiger partial charge in [0, 0.05) is 4.87 Å². The van der Waals surface area contributed by atoms with E-state index in [9.17, 15) is 18.0 Å². The molecule has 0 aromatic heterocycles. The first-order valence-corrected chi connectivity index (χ1v) is 8.74. The normalized spacial score (nSPS) is 37.5. The van der Waals surface area contributed by atoms with Crippen LogP contribution in [0.1, 0.15) is 44.1 Å². The third-order valence-corrected chi connectivity index (χ3v) is 6.39. The van der Waals surface area contributed by atoms with Gasteiger partial charge in [-0.2, -0.15) is 13.2 Å². The van der Waals surface area contributed by atoms with Crippen LogP contribution in [0.5, 0.6) is 0 Å². The van der Waals surface area contributed by atoms with Crippen LogP contribution in [-0.2, 0) is 11.0 Å². The zero-order chi connectivity index (χ0) is 17.2. The lowest BCUT2D eigenvalue weighted by Crippen LogP contribution is -2.57. The van der Waals surface area contributed by atoms with Crippen molar-refractivity contribution in [2.24, 2.45) is 17.3 Å². The molecule has 4 aliphatic rings. The zero-order valence-corrected chi connectivity index (χ0v) is 13.9. The topological polar surface area (TPSA) is 29.1 Å². The Labute approximate surface area is 143 Å². The second kappa shape index (κ2) is 5.13. The minimum Gasteiger partial charge on any atom is -0.325 e. The van der Waals surface area contributed by atoms with Gasteiger partial charge in [0.1, 0.15) is 0 Å². The summed E-state index contributed by atoms with van der Waals surface area (Å²) in [4.78, 5) is 12.6. The van der Waals surface area contributed by atoms with Crippen molar-refractivity contribution < 1.29 is 18.0 Å². The smallest absolute Gasteiger partial charge is 0.325 e. The molecule has 2 unspecified atom stereocenters. The van der Waals surface area contributed by atoms with Crippen LogP contribution in [0.3, 0.4) is 0 Å². The molecule has 5 rings (SSSR count). The van der Waals surface area contributed by atoms with Gasteiger partial charge in [0.15, 0.2) is 0 Å². The van der Waals surface area contributed by atoms with Crippen LogP contribution >= 0.6 is 11.6 Å². The average molecular weight is 358 g/mol. The van der Waals surface area contributed by atoms with Gasteiger partial charge in [-0.05, 0) is 62.5 Å². The van der Waals surface area contributed by atoms with E-state index in [2.05, 4.69) is 5.32 Å². The highest BCUT2D eigenvalue weighted by Crippen LogP contribution is 2.64. The Morgan fingerprint density at radius 3 is 2.33 bits per heavy atom. The van der Waals surface area contributed by atoms with Gasteiger partial charge in [-0.15, -0.1) is 11.6 Å². The summed E-state index contributed by atoms with van der Waals surface area (Å²) in [6, 6.07) is 5.15. The number of hydrogen-bond acceptors (Lipinski definition) is 1. The van der Waals surface area contributed by atoms with Crippen LogP contribution in [0, 0.1) is 17.3 Å². The molecule has 24 heavy (non-hydrogen) atoms. The number of amides is 1. The maximum Gasteiger partial charge on any atom is 0.418 e. The van der Waals surface area contributed by atoms with E-state index in [0.29, 0.717) is 18.3 Å². The van der Waals surface area contributed by atoms with E-state index in [1.165, 1.54) is 18.2 Å². The number of carbonyl (C=O) groups is 1. The molecule has 2 atom stereocenters. The number of carbonyl (C=O) groups excluding carboxylic acids is 1. The second-order valence-electron chi connectivity index (χ2n) is 7.89. The third kappa shape index (κ3) is 2.61. The molecule has 6 heteroatoms. The van der Waals surface area contributed by atoms with Gasteiger partial charge in [-0.25, -0.2) is 0 Å². The maximum absolute atomic E-state index is 13.1. The van der Waals surface area contributed by atoms with Crippen LogP contribution < -0.4 is 5.32 Å². The Kier molecular flexibility index (Phi) is 3.48. The number of nitrogens with one attached hydrogen (secondary N) is 1. The van der Waals surface area contributed by atoms with Crippen molar-refractivity contribution in [1.29, 1.82) is 0 Å². The van der Waals surface area contributed by atoms with Gasteiger partial charge in [-0.1, -0.05) is 12.1 Å². The molecule has 4 aliphatic carbocycles. The van der Waals surface area contributed by atoms with Gasteiger partial charge < -0.3 is 5.32 Å². The van der Waals surface area contributed by atoms with Gasteiger partial charge in [0.05, 0.1) is 16.7 Å². The highest BCUT2D eigenvalue weighted by molar-refractivity contribution is 6.24. The molecule has 0 spiro atoms. The van der Waals surface area contributed by atoms with E-state index in [-0.39, 0.29) is 16.5 Å². The summed E-state index contributed by atoms with van der Waals surface area (Å²) >= 11 is 6.71. The van der Waals surface area contributed by atoms with E-state index < -0.39 is 17.2 Å². The molecular weight excluding hydrogens is 339 g/mol. The van der Waals surface area contributed by atoms with E-state index >= 15 is 0 Å². The number of anilines is 1. The van der Waals surface area contributed by atoms with Crippen molar-refractivity contribution in [3.8, 4) is 0 Å². The quantitative estimate of drug-likeness (QED) is 0.722. The summed E-state index contributed by atoms with van der Waals surface area (Å²) in [6.45, 7) is 0. The Morgan fingerprint density at radius 1 is 1.12 bits per heavy atom. The minimum absolute atomic E-state index is 0.158. The Balaban J connectivity index is 1.62. The molecule has 0 aliphatic heterocycles. The summed E-state index contributed by atoms with van der Waals surface area (Å²) in [5.41, 5.74) is -1.57. The first-order valence-electron chi connectivity index (χ1n) is 8.36. The lowest BCUT2D eigenvalue weighted by Gasteiger charge is -2.59. The third-order valence-electron chi connectivity index (χ3n) is 5.95. The molecule has 0 radical (unpaired) electrons. The van der Waals surface area contributed by atoms with Crippen molar-refractivity contribution in [2.45, 2.75) is 49.6 Å².